The van der Waals surface area contributed by atoms with Gasteiger partial charge in [0.15, 0.2) is 0 Å². The Balaban J connectivity index is 2.18. The molecule has 0 spiro atoms. The second-order valence-electron chi connectivity index (χ2n) is 5.31. The molecule has 1 heterocycles. The molecule has 0 bridgehead atoms. The molecule has 4 nitrogen and oxygen atoms in total. The Bertz CT molecular complexity index is 462. The van der Waals surface area contributed by atoms with Gasteiger partial charge in [-0.1, -0.05) is 0 Å². The van der Waals surface area contributed by atoms with Crippen molar-refractivity contribution in [1.82, 2.24) is 0 Å². The number of nitrogen functional groups attached to an aromatic ring is 1. The molecule has 0 radical (unpaired) electrons. The first-order valence-corrected chi connectivity index (χ1v) is 6.60. The van der Waals surface area contributed by atoms with Gasteiger partial charge in [0.1, 0.15) is 0 Å². The Labute approximate surface area is 117 Å². The van der Waals surface area contributed by atoms with Gasteiger partial charge in [0, 0.05) is 56.6 Å². The van der Waals surface area contributed by atoms with Crippen LogP contribution in [0.1, 0.15) is 24.8 Å². The minimum absolute atomic E-state index is 0.108. The number of alkyl halides is 2. The van der Waals surface area contributed by atoms with Crippen LogP contribution in [-0.2, 0) is 4.74 Å². The van der Waals surface area contributed by atoms with E-state index in [9.17, 15) is 13.9 Å². The normalized spacial score (nSPS) is 18.2. The molecule has 0 saturated carbocycles. The summed E-state index contributed by atoms with van der Waals surface area (Å²) in [7, 11) is 1.70. The van der Waals surface area contributed by atoms with Crippen molar-refractivity contribution in [2.24, 2.45) is 0 Å². The minimum Gasteiger partial charge on any atom is -0.399 e. The first kappa shape index (κ1) is 15.0. The zero-order valence-corrected chi connectivity index (χ0v) is 11.5. The third-order valence-corrected chi connectivity index (χ3v) is 3.65. The average Bonchev–Trinajstić information content (AvgIpc) is 2.38. The molecule has 1 aliphatic heterocycles. The summed E-state index contributed by atoms with van der Waals surface area (Å²) in [6.07, 6.45) is -1.58. The zero-order valence-electron chi connectivity index (χ0n) is 11.5. The minimum atomic E-state index is -2.60. The molecule has 0 amide bonds. The van der Waals surface area contributed by atoms with Crippen LogP contribution in [0.15, 0.2) is 18.2 Å². The summed E-state index contributed by atoms with van der Waals surface area (Å²) in [5.74, 6) is 0. The van der Waals surface area contributed by atoms with E-state index >= 15 is 0 Å². The number of halogens is 2. The number of rotatable bonds is 4. The highest BCUT2D eigenvalue weighted by molar-refractivity contribution is 5.60. The molecule has 1 saturated heterocycles. The topological polar surface area (TPSA) is 58.7 Å². The fourth-order valence-electron chi connectivity index (χ4n) is 2.53. The second kappa shape index (κ2) is 5.93. The molecule has 112 valence electrons. The Morgan fingerprint density at radius 1 is 1.40 bits per heavy atom. The van der Waals surface area contributed by atoms with Gasteiger partial charge in [-0.25, -0.2) is 8.78 Å². The molecule has 1 aromatic rings. The first-order chi connectivity index (χ1) is 9.41. The number of hydrogen-bond donors (Lipinski definition) is 2. The number of aliphatic hydroxyl groups is 1. The summed E-state index contributed by atoms with van der Waals surface area (Å²) in [5, 5.41) is 10.5. The molecular weight excluding hydrogens is 266 g/mol. The van der Waals surface area contributed by atoms with E-state index < -0.39 is 12.0 Å². The maximum atomic E-state index is 13.1. The van der Waals surface area contributed by atoms with Crippen molar-refractivity contribution >= 4 is 11.4 Å². The zero-order chi connectivity index (χ0) is 14.8. The highest BCUT2D eigenvalue weighted by atomic mass is 19.3. The molecule has 6 heteroatoms. The van der Waals surface area contributed by atoms with Crippen LogP contribution < -0.4 is 10.6 Å². The van der Waals surface area contributed by atoms with Crippen LogP contribution in [0.5, 0.6) is 0 Å². The van der Waals surface area contributed by atoms with Crippen LogP contribution in [0.3, 0.4) is 0 Å². The molecule has 3 N–H and O–H groups in total. The lowest BCUT2D eigenvalue weighted by Gasteiger charge is -2.36. The standard InChI is InChI=1S/C14H20F2N2O2/c1-18(9-14(19)4-6-20-7-5-14)12-3-2-10(17)8-11(12)13(15)16/h2-3,8,13,19H,4-7,9,17H2,1H3. The van der Waals surface area contributed by atoms with E-state index in [0.717, 1.165) is 0 Å². The smallest absolute Gasteiger partial charge is 0.265 e. The molecule has 2 rings (SSSR count). The van der Waals surface area contributed by atoms with Crippen molar-refractivity contribution in [3.63, 3.8) is 0 Å². The van der Waals surface area contributed by atoms with Crippen molar-refractivity contribution < 1.29 is 18.6 Å². The second-order valence-corrected chi connectivity index (χ2v) is 5.31. The predicted octanol–water partition coefficient (Wildman–Crippen LogP) is 2.18. The van der Waals surface area contributed by atoms with Crippen molar-refractivity contribution in [3.8, 4) is 0 Å². The number of benzene rings is 1. The Kier molecular flexibility index (Phi) is 4.45. The number of nitrogens with two attached hydrogens (primary N) is 1. The number of ether oxygens (including phenoxy) is 1. The number of anilines is 2. The maximum absolute atomic E-state index is 13.1. The maximum Gasteiger partial charge on any atom is 0.265 e. The summed E-state index contributed by atoms with van der Waals surface area (Å²) in [5.41, 5.74) is 5.26. The van der Waals surface area contributed by atoms with Crippen LogP contribution in [0.4, 0.5) is 20.2 Å². The fraction of sp³-hybridized carbons (Fsp3) is 0.571. The number of hydrogen-bond acceptors (Lipinski definition) is 4. The summed E-state index contributed by atoms with van der Waals surface area (Å²) in [4.78, 5) is 1.66. The van der Waals surface area contributed by atoms with E-state index in [1.807, 2.05) is 0 Å². The molecule has 0 atom stereocenters. The van der Waals surface area contributed by atoms with Crippen LogP contribution in [0.2, 0.25) is 0 Å². The van der Waals surface area contributed by atoms with Crippen molar-refractivity contribution in [3.05, 3.63) is 23.8 Å². The monoisotopic (exact) mass is 286 g/mol. The molecule has 0 unspecified atom stereocenters. The first-order valence-electron chi connectivity index (χ1n) is 6.60. The molecule has 0 aliphatic carbocycles. The Morgan fingerprint density at radius 2 is 2.05 bits per heavy atom. The lowest BCUT2D eigenvalue weighted by molar-refractivity contribution is -0.0573. The number of likely N-dealkylation sites (N-methyl/N-ethyl adjacent to an activating group) is 1. The van der Waals surface area contributed by atoms with E-state index in [2.05, 4.69) is 0 Å². The molecule has 1 aromatic carbocycles. The van der Waals surface area contributed by atoms with Gasteiger partial charge in [0.05, 0.1) is 5.60 Å². The Hall–Kier alpha value is -1.40. The van der Waals surface area contributed by atoms with Gasteiger partial charge in [0.25, 0.3) is 6.43 Å². The van der Waals surface area contributed by atoms with Gasteiger partial charge < -0.3 is 20.5 Å². The van der Waals surface area contributed by atoms with Crippen molar-refractivity contribution in [1.29, 1.82) is 0 Å². The van der Waals surface area contributed by atoms with Crippen LogP contribution in [0, 0.1) is 0 Å². The number of nitrogens with zero attached hydrogens (tertiary/aromatic N) is 1. The van der Waals surface area contributed by atoms with Gasteiger partial charge in [0.2, 0.25) is 0 Å². The SMILES string of the molecule is CN(CC1(O)CCOCC1)c1ccc(N)cc1C(F)F. The molecular formula is C14H20F2N2O2. The van der Waals surface area contributed by atoms with E-state index in [0.29, 0.717) is 44.0 Å². The molecule has 0 aromatic heterocycles. The van der Waals surface area contributed by atoms with Crippen LogP contribution in [-0.4, -0.2) is 37.5 Å². The summed E-state index contributed by atoms with van der Waals surface area (Å²) < 4.78 is 31.4. The van der Waals surface area contributed by atoms with Crippen LogP contribution >= 0.6 is 0 Å². The van der Waals surface area contributed by atoms with Crippen LogP contribution in [0.25, 0.3) is 0 Å². The van der Waals surface area contributed by atoms with Crippen molar-refractivity contribution in [2.45, 2.75) is 24.9 Å². The summed E-state index contributed by atoms with van der Waals surface area (Å²) in [6.45, 7) is 1.28. The Morgan fingerprint density at radius 3 is 2.65 bits per heavy atom. The summed E-state index contributed by atoms with van der Waals surface area (Å²) >= 11 is 0. The van der Waals surface area contributed by atoms with E-state index in [1.165, 1.54) is 6.07 Å². The van der Waals surface area contributed by atoms with Gasteiger partial charge in [-0.3, -0.25) is 0 Å². The molecule has 1 aliphatic rings. The largest absolute Gasteiger partial charge is 0.399 e. The van der Waals surface area contributed by atoms with Crippen molar-refractivity contribution in [2.75, 3.05) is 37.4 Å². The van der Waals surface area contributed by atoms with Gasteiger partial charge in [-0.15, -0.1) is 0 Å². The van der Waals surface area contributed by atoms with E-state index in [-0.39, 0.29) is 5.56 Å². The van der Waals surface area contributed by atoms with Gasteiger partial charge >= 0.3 is 0 Å². The third kappa shape index (κ3) is 3.37. The highest BCUT2D eigenvalue weighted by Crippen LogP contribution is 2.32. The third-order valence-electron chi connectivity index (χ3n) is 3.65. The fourth-order valence-corrected chi connectivity index (χ4v) is 2.53. The predicted molar refractivity (Wildman–Crippen MR) is 74.1 cm³/mol. The summed E-state index contributed by atoms with van der Waals surface area (Å²) in [6, 6.07) is 4.44. The highest BCUT2D eigenvalue weighted by Gasteiger charge is 2.32. The molecule has 1 fully saturated rings. The van der Waals surface area contributed by atoms with Gasteiger partial charge in [-0.2, -0.15) is 0 Å². The quantitative estimate of drug-likeness (QED) is 0.833. The molecule has 20 heavy (non-hydrogen) atoms. The average molecular weight is 286 g/mol. The van der Waals surface area contributed by atoms with E-state index in [1.54, 1.807) is 24.1 Å². The van der Waals surface area contributed by atoms with E-state index in [4.69, 9.17) is 10.5 Å². The lowest BCUT2D eigenvalue weighted by Crippen LogP contribution is -2.46. The lowest BCUT2D eigenvalue weighted by atomic mass is 9.93. The van der Waals surface area contributed by atoms with Gasteiger partial charge in [-0.05, 0) is 18.2 Å².